The van der Waals surface area contributed by atoms with Crippen LogP contribution in [-0.2, 0) is 4.79 Å². The van der Waals surface area contributed by atoms with Gasteiger partial charge in [-0.2, -0.15) is 0 Å². The average molecular weight is 208 g/mol. The SMILES string of the molecule is CNC(=O)CCOc1ccc(C)cc1N. The quantitative estimate of drug-likeness (QED) is 0.728. The zero-order valence-corrected chi connectivity index (χ0v) is 9.04. The van der Waals surface area contributed by atoms with Gasteiger partial charge in [-0.3, -0.25) is 4.79 Å². The van der Waals surface area contributed by atoms with Crippen molar-refractivity contribution in [1.29, 1.82) is 0 Å². The summed E-state index contributed by atoms with van der Waals surface area (Å²) in [4.78, 5) is 10.9. The van der Waals surface area contributed by atoms with Gasteiger partial charge in [-0.05, 0) is 24.6 Å². The summed E-state index contributed by atoms with van der Waals surface area (Å²) in [6.45, 7) is 2.30. The van der Waals surface area contributed by atoms with E-state index in [0.717, 1.165) is 5.56 Å². The Balaban J connectivity index is 2.47. The van der Waals surface area contributed by atoms with Gasteiger partial charge in [0.05, 0.1) is 18.7 Å². The fourth-order valence-corrected chi connectivity index (χ4v) is 1.18. The third-order valence-electron chi connectivity index (χ3n) is 2.03. The second-order valence-electron chi connectivity index (χ2n) is 3.31. The topological polar surface area (TPSA) is 64.3 Å². The number of hydrogen-bond donors (Lipinski definition) is 2. The van der Waals surface area contributed by atoms with Gasteiger partial charge in [-0.1, -0.05) is 6.07 Å². The van der Waals surface area contributed by atoms with Crippen molar-refractivity contribution >= 4 is 11.6 Å². The molecule has 1 aromatic rings. The van der Waals surface area contributed by atoms with Crippen molar-refractivity contribution in [1.82, 2.24) is 5.32 Å². The standard InChI is InChI=1S/C11H16N2O2/c1-8-3-4-10(9(12)7-8)15-6-5-11(14)13-2/h3-4,7H,5-6,12H2,1-2H3,(H,13,14). The van der Waals surface area contributed by atoms with E-state index in [0.29, 0.717) is 24.5 Å². The molecule has 0 aliphatic heterocycles. The summed E-state index contributed by atoms with van der Waals surface area (Å²) in [7, 11) is 1.60. The van der Waals surface area contributed by atoms with Gasteiger partial charge in [-0.15, -0.1) is 0 Å². The molecule has 0 saturated heterocycles. The number of aryl methyl sites for hydroxylation is 1. The third-order valence-corrected chi connectivity index (χ3v) is 2.03. The second kappa shape index (κ2) is 5.24. The van der Waals surface area contributed by atoms with E-state index in [1.54, 1.807) is 7.05 Å². The molecular weight excluding hydrogens is 192 g/mol. The molecule has 0 bridgehead atoms. The minimum Gasteiger partial charge on any atom is -0.491 e. The summed E-state index contributed by atoms with van der Waals surface area (Å²) < 4.78 is 5.38. The van der Waals surface area contributed by atoms with Gasteiger partial charge in [0.1, 0.15) is 5.75 Å². The van der Waals surface area contributed by atoms with E-state index in [2.05, 4.69) is 5.32 Å². The van der Waals surface area contributed by atoms with Crippen LogP contribution in [0.3, 0.4) is 0 Å². The van der Waals surface area contributed by atoms with Crippen LogP contribution in [-0.4, -0.2) is 19.6 Å². The predicted octanol–water partition coefficient (Wildman–Crippen LogP) is 1.09. The summed E-state index contributed by atoms with van der Waals surface area (Å²) in [6.07, 6.45) is 0.337. The minimum atomic E-state index is -0.0410. The number of carbonyl (C=O) groups excluding carboxylic acids is 1. The van der Waals surface area contributed by atoms with Gasteiger partial charge in [0.2, 0.25) is 5.91 Å². The smallest absolute Gasteiger partial charge is 0.223 e. The van der Waals surface area contributed by atoms with Crippen molar-refractivity contribution in [2.45, 2.75) is 13.3 Å². The predicted molar refractivity (Wildman–Crippen MR) is 59.8 cm³/mol. The summed E-state index contributed by atoms with van der Waals surface area (Å²) in [5, 5.41) is 2.52. The van der Waals surface area contributed by atoms with Crippen LogP contribution in [0.15, 0.2) is 18.2 Å². The van der Waals surface area contributed by atoms with Gasteiger partial charge >= 0.3 is 0 Å². The van der Waals surface area contributed by atoms with Crippen molar-refractivity contribution < 1.29 is 9.53 Å². The Morgan fingerprint density at radius 3 is 2.87 bits per heavy atom. The lowest BCUT2D eigenvalue weighted by atomic mass is 10.2. The first-order valence-corrected chi connectivity index (χ1v) is 4.83. The molecule has 4 heteroatoms. The molecule has 0 atom stereocenters. The molecule has 0 saturated carbocycles. The molecule has 0 spiro atoms. The Kier molecular flexibility index (Phi) is 3.97. The number of nitrogens with one attached hydrogen (secondary N) is 1. The maximum atomic E-state index is 10.9. The Morgan fingerprint density at radius 2 is 2.27 bits per heavy atom. The summed E-state index contributed by atoms with van der Waals surface area (Å²) in [5.74, 6) is 0.588. The number of ether oxygens (including phenoxy) is 1. The Labute approximate surface area is 89.4 Å². The van der Waals surface area contributed by atoms with E-state index in [4.69, 9.17) is 10.5 Å². The van der Waals surface area contributed by atoms with Crippen LogP contribution in [0.2, 0.25) is 0 Å². The zero-order chi connectivity index (χ0) is 11.3. The highest BCUT2D eigenvalue weighted by atomic mass is 16.5. The number of nitrogen functional groups attached to an aromatic ring is 1. The fraction of sp³-hybridized carbons (Fsp3) is 0.364. The molecule has 0 unspecified atom stereocenters. The molecule has 15 heavy (non-hydrogen) atoms. The summed E-state index contributed by atoms with van der Waals surface area (Å²) >= 11 is 0. The van der Waals surface area contributed by atoms with E-state index in [9.17, 15) is 4.79 Å². The average Bonchev–Trinajstić information content (AvgIpc) is 2.21. The lowest BCUT2D eigenvalue weighted by molar-refractivity contribution is -0.121. The number of carbonyl (C=O) groups is 1. The lowest BCUT2D eigenvalue weighted by Crippen LogP contribution is -2.20. The molecule has 0 heterocycles. The Bertz CT molecular complexity index is 350. The number of anilines is 1. The molecule has 3 N–H and O–H groups in total. The molecule has 0 aromatic heterocycles. The number of nitrogens with two attached hydrogens (primary N) is 1. The van der Waals surface area contributed by atoms with Crippen LogP contribution in [0.25, 0.3) is 0 Å². The molecule has 1 aromatic carbocycles. The zero-order valence-electron chi connectivity index (χ0n) is 9.04. The first-order chi connectivity index (χ1) is 7.13. The van der Waals surface area contributed by atoms with Gasteiger partial charge in [-0.25, -0.2) is 0 Å². The molecule has 0 aliphatic rings. The molecule has 82 valence electrons. The first-order valence-electron chi connectivity index (χ1n) is 4.83. The van der Waals surface area contributed by atoms with Crippen molar-refractivity contribution in [2.24, 2.45) is 0 Å². The molecule has 1 amide bonds. The first kappa shape index (κ1) is 11.4. The minimum absolute atomic E-state index is 0.0410. The van der Waals surface area contributed by atoms with Gasteiger partial charge in [0.15, 0.2) is 0 Å². The van der Waals surface area contributed by atoms with Crippen molar-refractivity contribution in [2.75, 3.05) is 19.4 Å². The highest BCUT2D eigenvalue weighted by Gasteiger charge is 2.02. The van der Waals surface area contributed by atoms with Gasteiger partial charge in [0, 0.05) is 7.05 Å². The molecule has 0 aliphatic carbocycles. The monoisotopic (exact) mass is 208 g/mol. The third kappa shape index (κ3) is 3.50. The van der Waals surface area contributed by atoms with Crippen molar-refractivity contribution in [3.8, 4) is 5.75 Å². The molecule has 4 nitrogen and oxygen atoms in total. The number of rotatable bonds is 4. The summed E-state index contributed by atoms with van der Waals surface area (Å²) in [6, 6.07) is 5.58. The maximum absolute atomic E-state index is 10.9. The van der Waals surface area contributed by atoms with E-state index in [1.807, 2.05) is 25.1 Å². The second-order valence-corrected chi connectivity index (χ2v) is 3.31. The van der Waals surface area contributed by atoms with Crippen LogP contribution in [0, 0.1) is 6.92 Å². The van der Waals surface area contributed by atoms with Crippen LogP contribution in [0.5, 0.6) is 5.75 Å². The highest BCUT2D eigenvalue weighted by molar-refractivity contribution is 5.75. The fourth-order valence-electron chi connectivity index (χ4n) is 1.18. The largest absolute Gasteiger partial charge is 0.491 e. The molecular formula is C11H16N2O2. The molecule has 0 fully saturated rings. The molecule has 0 radical (unpaired) electrons. The number of hydrogen-bond acceptors (Lipinski definition) is 3. The number of benzene rings is 1. The Morgan fingerprint density at radius 1 is 1.53 bits per heavy atom. The maximum Gasteiger partial charge on any atom is 0.223 e. The van der Waals surface area contributed by atoms with E-state index < -0.39 is 0 Å². The van der Waals surface area contributed by atoms with Crippen LogP contribution in [0.1, 0.15) is 12.0 Å². The van der Waals surface area contributed by atoms with Gasteiger partial charge < -0.3 is 15.8 Å². The highest BCUT2D eigenvalue weighted by Crippen LogP contribution is 2.21. The van der Waals surface area contributed by atoms with E-state index in [1.165, 1.54) is 0 Å². The van der Waals surface area contributed by atoms with Crippen LogP contribution >= 0.6 is 0 Å². The number of amides is 1. The van der Waals surface area contributed by atoms with Crippen molar-refractivity contribution in [3.05, 3.63) is 23.8 Å². The molecule has 1 rings (SSSR count). The van der Waals surface area contributed by atoms with Crippen LogP contribution < -0.4 is 15.8 Å². The van der Waals surface area contributed by atoms with Crippen molar-refractivity contribution in [3.63, 3.8) is 0 Å². The summed E-state index contributed by atoms with van der Waals surface area (Å²) in [5.41, 5.74) is 7.44. The lowest BCUT2D eigenvalue weighted by Gasteiger charge is -2.08. The van der Waals surface area contributed by atoms with E-state index in [-0.39, 0.29) is 5.91 Å². The Hall–Kier alpha value is -1.71. The normalized spacial score (nSPS) is 9.73. The van der Waals surface area contributed by atoms with Gasteiger partial charge in [0.25, 0.3) is 0 Å². The van der Waals surface area contributed by atoms with Crippen LogP contribution in [0.4, 0.5) is 5.69 Å². The van der Waals surface area contributed by atoms with E-state index >= 15 is 0 Å².